The smallest absolute Gasteiger partial charge is 0.229 e. The van der Waals surface area contributed by atoms with Crippen LogP contribution in [0.5, 0.6) is 5.75 Å². The Morgan fingerprint density at radius 2 is 2.22 bits per heavy atom. The third-order valence-corrected chi connectivity index (χ3v) is 4.88. The van der Waals surface area contributed by atoms with Crippen molar-refractivity contribution in [1.82, 2.24) is 14.5 Å². The molecule has 2 aliphatic rings. The Bertz CT molecular complexity index is 683. The molecule has 0 aliphatic carbocycles. The molecule has 0 N–H and O–H groups in total. The predicted octanol–water partition coefficient (Wildman–Crippen LogP) is 2.30. The van der Waals surface area contributed by atoms with Gasteiger partial charge in [0.25, 0.3) is 0 Å². The first-order valence-corrected chi connectivity index (χ1v) is 8.28. The van der Waals surface area contributed by atoms with Crippen molar-refractivity contribution >= 4 is 5.91 Å². The lowest BCUT2D eigenvalue weighted by atomic mass is 9.94. The average Bonchev–Trinajstić information content (AvgIpc) is 3.15. The minimum Gasteiger partial charge on any atom is -0.492 e. The maximum atomic E-state index is 12.9. The highest BCUT2D eigenvalue weighted by molar-refractivity contribution is 5.80. The Hall–Kier alpha value is -2.30. The molecule has 3 heterocycles. The van der Waals surface area contributed by atoms with E-state index in [0.29, 0.717) is 12.6 Å². The van der Waals surface area contributed by atoms with Gasteiger partial charge >= 0.3 is 0 Å². The van der Waals surface area contributed by atoms with Gasteiger partial charge in [-0.25, -0.2) is 4.98 Å². The number of ether oxygens (including phenoxy) is 1. The fourth-order valence-corrected chi connectivity index (χ4v) is 3.63. The van der Waals surface area contributed by atoms with Gasteiger partial charge in [-0.15, -0.1) is 0 Å². The lowest BCUT2D eigenvalue weighted by molar-refractivity contribution is -0.138. The van der Waals surface area contributed by atoms with Crippen LogP contribution in [-0.4, -0.2) is 40.1 Å². The number of aromatic nitrogens is 2. The van der Waals surface area contributed by atoms with Crippen LogP contribution in [0.25, 0.3) is 0 Å². The molecule has 5 heteroatoms. The molecule has 1 amide bonds. The number of imidazole rings is 1. The lowest BCUT2D eigenvalue weighted by Gasteiger charge is -2.36. The van der Waals surface area contributed by atoms with E-state index in [1.54, 1.807) is 6.20 Å². The number of benzene rings is 1. The molecule has 0 spiro atoms. The summed E-state index contributed by atoms with van der Waals surface area (Å²) in [6, 6.07) is 8.35. The molecule has 5 nitrogen and oxygen atoms in total. The van der Waals surface area contributed by atoms with E-state index in [1.807, 2.05) is 35.6 Å². The number of hydrogen-bond donors (Lipinski definition) is 0. The number of carbonyl (C=O) groups excluding carboxylic acids is 1. The molecule has 2 aliphatic heterocycles. The molecule has 0 unspecified atom stereocenters. The fourth-order valence-electron chi connectivity index (χ4n) is 3.63. The Kier molecular flexibility index (Phi) is 3.77. The zero-order valence-corrected chi connectivity index (χ0v) is 13.1. The molecule has 2 aromatic rings. The van der Waals surface area contributed by atoms with Gasteiger partial charge in [0, 0.05) is 25.5 Å². The maximum absolute atomic E-state index is 12.9. The van der Waals surface area contributed by atoms with Gasteiger partial charge in [0.1, 0.15) is 12.4 Å². The van der Waals surface area contributed by atoms with Gasteiger partial charge in [-0.05, 0) is 30.9 Å². The summed E-state index contributed by atoms with van der Waals surface area (Å²) in [7, 11) is 0. The first kappa shape index (κ1) is 14.3. The Morgan fingerprint density at radius 3 is 3.09 bits per heavy atom. The van der Waals surface area contributed by atoms with Crippen molar-refractivity contribution in [2.75, 3.05) is 19.7 Å². The number of likely N-dealkylation sites (tertiary alicyclic amines) is 1. The lowest BCUT2D eigenvalue weighted by Crippen LogP contribution is -2.46. The van der Waals surface area contributed by atoms with E-state index < -0.39 is 0 Å². The molecule has 2 atom stereocenters. The Balaban J connectivity index is 1.45. The van der Waals surface area contributed by atoms with Gasteiger partial charge in [-0.1, -0.05) is 18.2 Å². The van der Waals surface area contributed by atoms with Crippen molar-refractivity contribution in [3.63, 3.8) is 0 Å². The zero-order valence-electron chi connectivity index (χ0n) is 13.1. The SMILES string of the molecule is O=C([C@@H]1COc2ccccc2C1)N1CCC[C@@H](n2ccnc2)C1. The number of para-hydroxylation sites is 1. The topological polar surface area (TPSA) is 47.4 Å². The molecular weight excluding hydrogens is 290 g/mol. The normalized spacial score (nSPS) is 23.9. The summed E-state index contributed by atoms with van der Waals surface area (Å²) in [6.07, 6.45) is 8.55. The number of hydrogen-bond acceptors (Lipinski definition) is 3. The van der Waals surface area contributed by atoms with Gasteiger partial charge in [-0.3, -0.25) is 4.79 Å². The molecule has 0 bridgehead atoms. The van der Waals surface area contributed by atoms with E-state index in [0.717, 1.165) is 43.7 Å². The summed E-state index contributed by atoms with van der Waals surface area (Å²) >= 11 is 0. The van der Waals surface area contributed by atoms with E-state index in [2.05, 4.69) is 15.6 Å². The molecule has 4 rings (SSSR count). The van der Waals surface area contributed by atoms with Crippen molar-refractivity contribution < 1.29 is 9.53 Å². The van der Waals surface area contributed by atoms with Crippen LogP contribution in [0.4, 0.5) is 0 Å². The number of amides is 1. The van der Waals surface area contributed by atoms with Crippen molar-refractivity contribution in [1.29, 1.82) is 0 Å². The van der Waals surface area contributed by atoms with Gasteiger partial charge in [0.05, 0.1) is 18.3 Å². The Labute approximate surface area is 135 Å². The molecular formula is C18H21N3O2. The number of nitrogens with zero attached hydrogens (tertiary/aromatic N) is 3. The standard InChI is InChI=1S/C18H21N3O2/c22-18(15-10-14-4-1-2-6-17(14)23-12-15)20-8-3-5-16(11-20)21-9-7-19-13-21/h1-2,4,6-7,9,13,15-16H,3,5,8,10-12H2/t15-,16+/m0/s1. The zero-order chi connectivity index (χ0) is 15.6. The highest BCUT2D eigenvalue weighted by atomic mass is 16.5. The molecule has 1 aromatic heterocycles. The van der Waals surface area contributed by atoms with E-state index in [9.17, 15) is 4.79 Å². The quantitative estimate of drug-likeness (QED) is 0.855. The van der Waals surface area contributed by atoms with Crippen molar-refractivity contribution in [3.05, 3.63) is 48.5 Å². The summed E-state index contributed by atoms with van der Waals surface area (Å²) in [6.45, 7) is 2.11. The molecule has 120 valence electrons. The second kappa shape index (κ2) is 6.07. The van der Waals surface area contributed by atoms with E-state index in [-0.39, 0.29) is 11.8 Å². The van der Waals surface area contributed by atoms with Gasteiger partial charge < -0.3 is 14.2 Å². The third-order valence-electron chi connectivity index (χ3n) is 4.88. The van der Waals surface area contributed by atoms with Gasteiger partial charge in [-0.2, -0.15) is 0 Å². The number of rotatable bonds is 2. The maximum Gasteiger partial charge on any atom is 0.229 e. The molecule has 0 saturated carbocycles. The monoisotopic (exact) mass is 311 g/mol. The first-order chi connectivity index (χ1) is 11.3. The number of piperidine rings is 1. The van der Waals surface area contributed by atoms with Crippen LogP contribution in [0.3, 0.4) is 0 Å². The van der Waals surface area contributed by atoms with Crippen LogP contribution in [0.1, 0.15) is 24.4 Å². The first-order valence-electron chi connectivity index (χ1n) is 8.28. The summed E-state index contributed by atoms with van der Waals surface area (Å²) in [5.41, 5.74) is 1.14. The highest BCUT2D eigenvalue weighted by Crippen LogP contribution is 2.29. The summed E-state index contributed by atoms with van der Waals surface area (Å²) in [4.78, 5) is 19.0. The summed E-state index contributed by atoms with van der Waals surface area (Å²) in [5.74, 6) is 1.09. The van der Waals surface area contributed by atoms with Gasteiger partial charge in [0.2, 0.25) is 5.91 Å². The number of carbonyl (C=O) groups is 1. The number of fused-ring (bicyclic) bond motifs is 1. The van der Waals surface area contributed by atoms with Crippen LogP contribution < -0.4 is 4.74 Å². The van der Waals surface area contributed by atoms with E-state index >= 15 is 0 Å². The van der Waals surface area contributed by atoms with E-state index in [4.69, 9.17) is 4.74 Å². The largest absolute Gasteiger partial charge is 0.492 e. The second-order valence-electron chi connectivity index (χ2n) is 6.41. The van der Waals surface area contributed by atoms with Crippen molar-refractivity contribution in [2.24, 2.45) is 5.92 Å². The van der Waals surface area contributed by atoms with Crippen LogP contribution in [0, 0.1) is 5.92 Å². The van der Waals surface area contributed by atoms with E-state index in [1.165, 1.54) is 0 Å². The second-order valence-corrected chi connectivity index (χ2v) is 6.41. The molecule has 0 radical (unpaired) electrons. The Morgan fingerprint density at radius 1 is 1.30 bits per heavy atom. The fraction of sp³-hybridized carbons (Fsp3) is 0.444. The summed E-state index contributed by atoms with van der Waals surface area (Å²) < 4.78 is 7.90. The van der Waals surface area contributed by atoms with Crippen LogP contribution in [0.2, 0.25) is 0 Å². The minimum atomic E-state index is -0.0635. The minimum absolute atomic E-state index is 0.0635. The molecule has 1 aromatic carbocycles. The van der Waals surface area contributed by atoms with Gasteiger partial charge in [0.15, 0.2) is 0 Å². The molecule has 1 saturated heterocycles. The van der Waals surface area contributed by atoms with Crippen molar-refractivity contribution in [2.45, 2.75) is 25.3 Å². The van der Waals surface area contributed by atoms with Crippen LogP contribution in [0.15, 0.2) is 43.0 Å². The average molecular weight is 311 g/mol. The van der Waals surface area contributed by atoms with Crippen LogP contribution >= 0.6 is 0 Å². The summed E-state index contributed by atoms with van der Waals surface area (Å²) in [5, 5.41) is 0. The molecule has 1 fully saturated rings. The highest BCUT2D eigenvalue weighted by Gasteiger charge is 2.32. The molecule has 23 heavy (non-hydrogen) atoms. The predicted molar refractivity (Wildman–Crippen MR) is 86.2 cm³/mol. The van der Waals surface area contributed by atoms with Crippen LogP contribution in [-0.2, 0) is 11.2 Å². The van der Waals surface area contributed by atoms with Crippen molar-refractivity contribution in [3.8, 4) is 5.75 Å². The third kappa shape index (κ3) is 2.83.